The smallest absolute Gasteiger partial charge is 0.234 e. The molecule has 2 aliphatic rings. The minimum absolute atomic E-state index is 0.0104. The molecule has 0 aromatic heterocycles. The molecule has 0 spiro atoms. The highest BCUT2D eigenvalue weighted by Crippen LogP contribution is 2.22. The molecule has 8 nitrogen and oxygen atoms in total. The van der Waals surface area contributed by atoms with E-state index in [0.29, 0.717) is 32.4 Å². The number of aliphatic hydroxyl groups is 1. The maximum absolute atomic E-state index is 12.2. The molecule has 2 aliphatic heterocycles. The number of nitrogens with zero attached hydrogens (tertiary/aromatic N) is 2. The van der Waals surface area contributed by atoms with E-state index in [9.17, 15) is 14.7 Å². The van der Waals surface area contributed by atoms with Gasteiger partial charge in [0.05, 0.1) is 31.7 Å². The minimum Gasteiger partial charge on any atom is -0.394 e. The summed E-state index contributed by atoms with van der Waals surface area (Å²) in [7, 11) is 3.67. The summed E-state index contributed by atoms with van der Waals surface area (Å²) in [6.45, 7) is 3.95. The lowest BCUT2D eigenvalue weighted by atomic mass is 9.97. The highest BCUT2D eigenvalue weighted by atomic mass is 16.5. The summed E-state index contributed by atoms with van der Waals surface area (Å²) in [5.74, 6) is -0.0928. The number of likely N-dealkylation sites (tertiary alicyclic amines) is 1. The molecule has 27 heavy (non-hydrogen) atoms. The van der Waals surface area contributed by atoms with Crippen molar-refractivity contribution >= 4 is 11.8 Å². The number of nitrogens with one attached hydrogen (secondary N) is 2. The summed E-state index contributed by atoms with van der Waals surface area (Å²) in [6.07, 6.45) is 4.84. The molecule has 0 saturated carbocycles. The molecule has 0 aromatic rings. The molecule has 2 heterocycles. The van der Waals surface area contributed by atoms with Gasteiger partial charge in [-0.2, -0.15) is 0 Å². The Kier molecular flexibility index (Phi) is 9.47. The van der Waals surface area contributed by atoms with Crippen molar-refractivity contribution in [1.82, 2.24) is 20.4 Å². The fourth-order valence-electron chi connectivity index (χ4n) is 3.80. The molecule has 0 bridgehead atoms. The summed E-state index contributed by atoms with van der Waals surface area (Å²) in [5, 5.41) is 15.5. The quantitative estimate of drug-likeness (QED) is 0.499. The lowest BCUT2D eigenvalue weighted by Crippen LogP contribution is -2.53. The van der Waals surface area contributed by atoms with Crippen molar-refractivity contribution in [2.75, 3.05) is 53.4 Å². The lowest BCUT2D eigenvalue weighted by Gasteiger charge is -2.36. The third-order valence-electron chi connectivity index (χ3n) is 5.21. The number of carbonyl (C=O) groups excluding carboxylic acids is 2. The predicted octanol–water partition coefficient (Wildman–Crippen LogP) is -0.435. The standard InChI is InChI=1S/C19H36N4O4/c1-22(2)13-19(26)21-16-7-6-15(27-17(16)14-24)12-18(25)20-8-11-23-9-4-3-5-10-23/h15-17,24H,3-14H2,1-2H3,(H,20,25)(H,21,26)/t15-,16-,17-/m0/s1. The van der Waals surface area contributed by atoms with E-state index in [1.165, 1.54) is 19.3 Å². The second-order valence-electron chi connectivity index (χ2n) is 7.92. The van der Waals surface area contributed by atoms with Gasteiger partial charge >= 0.3 is 0 Å². The van der Waals surface area contributed by atoms with Crippen LogP contribution in [0.4, 0.5) is 0 Å². The number of hydrogen-bond donors (Lipinski definition) is 3. The van der Waals surface area contributed by atoms with E-state index in [4.69, 9.17) is 4.74 Å². The van der Waals surface area contributed by atoms with Crippen molar-refractivity contribution in [3.63, 3.8) is 0 Å². The molecular formula is C19H36N4O4. The zero-order chi connectivity index (χ0) is 19.6. The van der Waals surface area contributed by atoms with E-state index in [2.05, 4.69) is 15.5 Å². The summed E-state index contributed by atoms with van der Waals surface area (Å²) in [5.41, 5.74) is 0. The van der Waals surface area contributed by atoms with Crippen molar-refractivity contribution in [1.29, 1.82) is 0 Å². The number of ether oxygens (including phenoxy) is 1. The molecule has 0 radical (unpaired) electrons. The molecule has 2 fully saturated rings. The number of hydrogen-bond acceptors (Lipinski definition) is 6. The number of aliphatic hydroxyl groups excluding tert-OH is 1. The van der Waals surface area contributed by atoms with E-state index < -0.39 is 6.10 Å². The van der Waals surface area contributed by atoms with Crippen molar-refractivity contribution in [3.05, 3.63) is 0 Å². The van der Waals surface area contributed by atoms with Crippen LogP contribution in [-0.4, -0.2) is 98.4 Å². The van der Waals surface area contributed by atoms with Crippen molar-refractivity contribution in [2.45, 2.75) is 56.8 Å². The lowest BCUT2D eigenvalue weighted by molar-refractivity contribution is -0.136. The van der Waals surface area contributed by atoms with Gasteiger partial charge in [-0.3, -0.25) is 9.59 Å². The average Bonchev–Trinajstić information content (AvgIpc) is 2.63. The molecule has 2 amide bonds. The molecule has 3 N–H and O–H groups in total. The van der Waals surface area contributed by atoms with Crippen LogP contribution in [0.3, 0.4) is 0 Å². The van der Waals surface area contributed by atoms with Crippen LogP contribution in [-0.2, 0) is 14.3 Å². The zero-order valence-electron chi connectivity index (χ0n) is 16.8. The van der Waals surface area contributed by atoms with E-state index >= 15 is 0 Å². The third kappa shape index (κ3) is 8.13. The second kappa shape index (κ2) is 11.6. The number of piperidine rings is 1. The molecular weight excluding hydrogens is 348 g/mol. The van der Waals surface area contributed by atoms with Crippen LogP contribution < -0.4 is 10.6 Å². The first-order valence-electron chi connectivity index (χ1n) is 10.2. The Labute approximate surface area is 162 Å². The number of carbonyl (C=O) groups is 2. The van der Waals surface area contributed by atoms with Gasteiger partial charge in [-0.25, -0.2) is 0 Å². The van der Waals surface area contributed by atoms with Gasteiger partial charge in [0.25, 0.3) is 0 Å². The van der Waals surface area contributed by atoms with E-state index in [1.54, 1.807) is 4.90 Å². The molecule has 0 aliphatic carbocycles. The first kappa shape index (κ1) is 22.1. The zero-order valence-corrected chi connectivity index (χ0v) is 16.8. The number of amides is 2. The van der Waals surface area contributed by atoms with Gasteiger partial charge in [0.15, 0.2) is 0 Å². The van der Waals surface area contributed by atoms with Crippen molar-refractivity contribution in [3.8, 4) is 0 Å². The van der Waals surface area contributed by atoms with Crippen LogP contribution in [0.25, 0.3) is 0 Å². The third-order valence-corrected chi connectivity index (χ3v) is 5.21. The second-order valence-corrected chi connectivity index (χ2v) is 7.92. The fraction of sp³-hybridized carbons (Fsp3) is 0.895. The van der Waals surface area contributed by atoms with Crippen LogP contribution in [0.5, 0.6) is 0 Å². The Balaban J connectivity index is 1.67. The van der Waals surface area contributed by atoms with Gasteiger partial charge in [0, 0.05) is 13.1 Å². The topological polar surface area (TPSA) is 94.1 Å². The SMILES string of the molecule is CN(C)CC(=O)N[C@H]1CC[C@@H](CC(=O)NCCN2CCCCC2)O[C@H]1CO. The number of likely N-dealkylation sites (N-methyl/N-ethyl adjacent to an activating group) is 1. The predicted molar refractivity (Wildman–Crippen MR) is 103 cm³/mol. The Morgan fingerprint density at radius 2 is 1.89 bits per heavy atom. The number of rotatable bonds is 9. The summed E-state index contributed by atoms with van der Waals surface area (Å²) in [6, 6.07) is -0.208. The van der Waals surface area contributed by atoms with E-state index in [1.807, 2.05) is 14.1 Å². The normalized spacial score (nSPS) is 26.7. The van der Waals surface area contributed by atoms with Gasteiger partial charge in [-0.15, -0.1) is 0 Å². The van der Waals surface area contributed by atoms with Gasteiger partial charge in [0.2, 0.25) is 11.8 Å². The monoisotopic (exact) mass is 384 g/mol. The van der Waals surface area contributed by atoms with E-state index in [0.717, 1.165) is 19.6 Å². The molecule has 2 saturated heterocycles. The van der Waals surface area contributed by atoms with Crippen molar-refractivity contribution < 1.29 is 19.4 Å². The van der Waals surface area contributed by atoms with Crippen LogP contribution in [0.15, 0.2) is 0 Å². The summed E-state index contributed by atoms with van der Waals surface area (Å²) >= 11 is 0. The van der Waals surface area contributed by atoms with Gasteiger partial charge in [-0.1, -0.05) is 6.42 Å². The summed E-state index contributed by atoms with van der Waals surface area (Å²) < 4.78 is 5.87. The molecule has 8 heteroatoms. The highest BCUT2D eigenvalue weighted by molar-refractivity contribution is 5.78. The van der Waals surface area contributed by atoms with E-state index in [-0.39, 0.29) is 30.6 Å². The largest absolute Gasteiger partial charge is 0.394 e. The van der Waals surface area contributed by atoms with Gasteiger partial charge < -0.3 is 30.3 Å². The molecule has 0 aromatic carbocycles. The Morgan fingerprint density at radius 3 is 2.56 bits per heavy atom. The van der Waals surface area contributed by atoms with Gasteiger partial charge in [-0.05, 0) is 52.9 Å². The molecule has 2 rings (SSSR count). The molecule has 156 valence electrons. The minimum atomic E-state index is -0.462. The molecule has 3 atom stereocenters. The van der Waals surface area contributed by atoms with Crippen LogP contribution >= 0.6 is 0 Å². The maximum Gasteiger partial charge on any atom is 0.234 e. The van der Waals surface area contributed by atoms with Gasteiger partial charge in [0.1, 0.15) is 6.10 Å². The van der Waals surface area contributed by atoms with Crippen LogP contribution in [0.1, 0.15) is 38.5 Å². The fourth-order valence-corrected chi connectivity index (χ4v) is 3.80. The maximum atomic E-state index is 12.2. The highest BCUT2D eigenvalue weighted by Gasteiger charge is 2.32. The molecule has 0 unspecified atom stereocenters. The Hall–Kier alpha value is -1.22. The average molecular weight is 385 g/mol. The van der Waals surface area contributed by atoms with Crippen LogP contribution in [0.2, 0.25) is 0 Å². The summed E-state index contributed by atoms with van der Waals surface area (Å²) in [4.78, 5) is 28.3. The van der Waals surface area contributed by atoms with Crippen LogP contribution in [0, 0.1) is 0 Å². The Bertz CT molecular complexity index is 469. The first-order valence-corrected chi connectivity index (χ1v) is 10.2. The van der Waals surface area contributed by atoms with Crippen molar-refractivity contribution in [2.24, 2.45) is 0 Å². The first-order chi connectivity index (χ1) is 13.0. The Morgan fingerprint density at radius 1 is 1.15 bits per heavy atom.